The molecule has 0 aliphatic carbocycles. The molecular weight excluding hydrogens is 312 g/mol. The second-order valence-electron chi connectivity index (χ2n) is 4.59. The van der Waals surface area contributed by atoms with Gasteiger partial charge in [-0.3, -0.25) is 4.79 Å². The van der Waals surface area contributed by atoms with Crippen molar-refractivity contribution in [2.45, 2.75) is 38.5 Å². The Morgan fingerprint density at radius 1 is 1.00 bits per heavy atom. The summed E-state index contributed by atoms with van der Waals surface area (Å²) in [5.41, 5.74) is 0. The molecule has 0 aromatic carbocycles. The van der Waals surface area contributed by atoms with Gasteiger partial charge in [0.1, 0.15) is 0 Å². The molecule has 1 N–H and O–H groups in total. The summed E-state index contributed by atoms with van der Waals surface area (Å²) in [7, 11) is 0. The number of rotatable bonds is 13. The predicted octanol–water partition coefficient (Wildman–Crippen LogP) is 5.88. The molecule has 0 aliphatic heterocycles. The summed E-state index contributed by atoms with van der Waals surface area (Å²) in [6.45, 7) is 3.61. The highest BCUT2D eigenvalue weighted by Crippen LogP contribution is 2.08. The van der Waals surface area contributed by atoms with Crippen molar-refractivity contribution in [3.63, 3.8) is 0 Å². The molecule has 0 saturated heterocycles. The minimum atomic E-state index is -0.828. The van der Waals surface area contributed by atoms with Crippen molar-refractivity contribution in [1.29, 1.82) is 0 Å². The van der Waals surface area contributed by atoms with Crippen molar-refractivity contribution in [1.82, 2.24) is 0 Å². The number of carbonyl (C=O) groups is 1. The van der Waals surface area contributed by atoms with Gasteiger partial charge < -0.3 is 9.84 Å². The molecule has 0 saturated carbocycles. The minimum absolute atomic E-state index is 0.0883. The monoisotopic (exact) mass is 336 g/mol. The smallest absolute Gasteiger partial charge is 0.303 e. The van der Waals surface area contributed by atoms with Gasteiger partial charge in [0.15, 0.2) is 5.22 Å². The Labute approximate surface area is 144 Å². The van der Waals surface area contributed by atoms with Crippen molar-refractivity contribution in [3.8, 4) is 0 Å². The lowest BCUT2D eigenvalue weighted by Gasteiger charge is -1.96. The minimum Gasteiger partial charge on any atom is -0.481 e. The Morgan fingerprint density at radius 3 is 2.39 bits per heavy atom. The zero-order chi connectivity index (χ0) is 17.2. The Bertz CT molecular complexity index is 471. The lowest BCUT2D eigenvalue weighted by molar-refractivity contribution is -0.136. The normalized spacial score (nSPS) is 12.8. The van der Waals surface area contributed by atoms with E-state index >= 15 is 0 Å². The highest BCUT2D eigenvalue weighted by atomic mass is 35.5. The van der Waals surface area contributed by atoms with Crippen LogP contribution >= 0.6 is 11.6 Å². The summed E-state index contributed by atoms with van der Waals surface area (Å²) in [4.78, 5) is 10.3. The molecule has 0 amide bonds. The van der Waals surface area contributed by atoms with Crippen LogP contribution in [0, 0.1) is 0 Å². The molecule has 126 valence electrons. The summed E-state index contributed by atoms with van der Waals surface area (Å²) < 4.78 is 5.12. The number of ether oxygens (including phenoxy) is 1. The topological polar surface area (TPSA) is 46.5 Å². The quantitative estimate of drug-likeness (QED) is 0.198. The molecule has 0 rings (SSSR count). The van der Waals surface area contributed by atoms with Gasteiger partial charge in [-0.05, 0) is 55.9 Å². The molecule has 0 unspecified atom stereocenters. The average Bonchev–Trinajstić information content (AvgIpc) is 2.52. The summed E-state index contributed by atoms with van der Waals surface area (Å²) in [5.74, 6) is -0.828. The zero-order valence-electron chi connectivity index (χ0n) is 13.4. The molecule has 0 radical (unpaired) electrons. The van der Waals surface area contributed by atoms with Crippen molar-refractivity contribution >= 4 is 17.6 Å². The van der Waals surface area contributed by atoms with E-state index in [1.54, 1.807) is 18.2 Å². The SMILES string of the molecule is C=C/C=C\C/C=C/C/C=C/CC/C=C(\Cl)O/C=C/CCC(=O)O. The number of carboxylic acids is 1. The predicted molar refractivity (Wildman–Crippen MR) is 97.1 cm³/mol. The lowest BCUT2D eigenvalue weighted by atomic mass is 10.2. The zero-order valence-corrected chi connectivity index (χ0v) is 14.1. The Hall–Kier alpha value is -2.00. The van der Waals surface area contributed by atoms with Gasteiger partial charge in [0.25, 0.3) is 0 Å². The molecule has 23 heavy (non-hydrogen) atoms. The van der Waals surface area contributed by atoms with Crippen LogP contribution in [0.15, 0.2) is 72.7 Å². The second kappa shape index (κ2) is 16.4. The molecule has 3 nitrogen and oxygen atoms in total. The molecule has 0 spiro atoms. The van der Waals surface area contributed by atoms with Crippen LogP contribution in [-0.4, -0.2) is 11.1 Å². The van der Waals surface area contributed by atoms with Crippen molar-refractivity contribution in [2.24, 2.45) is 0 Å². The average molecular weight is 337 g/mol. The highest BCUT2D eigenvalue weighted by Gasteiger charge is 1.92. The fourth-order valence-electron chi connectivity index (χ4n) is 1.47. The Balaban J connectivity index is 3.67. The number of hydrogen-bond donors (Lipinski definition) is 1. The van der Waals surface area contributed by atoms with Crippen molar-refractivity contribution in [2.75, 3.05) is 0 Å². The first kappa shape index (κ1) is 21.0. The maximum atomic E-state index is 10.3. The molecule has 0 aliphatic rings. The standard InChI is InChI=1S/C19H25ClO3/c1-2-3-4-5-6-7-8-9-10-11-12-15-18(20)23-17-14-13-16-19(21)22/h2-4,6-7,9-10,14-15,17H,1,5,8,11-13,16H2,(H,21,22)/b4-3-,7-6+,10-9+,17-14+,18-15+. The van der Waals surface area contributed by atoms with Gasteiger partial charge in [-0.1, -0.05) is 49.1 Å². The third-order valence-electron chi connectivity index (χ3n) is 2.59. The van der Waals surface area contributed by atoms with Gasteiger partial charge in [0, 0.05) is 6.42 Å². The summed E-state index contributed by atoms with van der Waals surface area (Å²) in [5, 5.41) is 8.77. The van der Waals surface area contributed by atoms with Gasteiger partial charge in [-0.2, -0.15) is 0 Å². The summed E-state index contributed by atoms with van der Waals surface area (Å²) >= 11 is 5.87. The molecule has 0 aromatic rings. The van der Waals surface area contributed by atoms with Crippen LogP contribution in [0.1, 0.15) is 38.5 Å². The largest absolute Gasteiger partial charge is 0.481 e. The van der Waals surface area contributed by atoms with Crippen molar-refractivity contribution < 1.29 is 14.6 Å². The van der Waals surface area contributed by atoms with Gasteiger partial charge in [-0.15, -0.1) is 0 Å². The summed E-state index contributed by atoms with van der Waals surface area (Å²) in [6, 6.07) is 0. The van der Waals surface area contributed by atoms with Gasteiger partial charge in [0.2, 0.25) is 0 Å². The van der Waals surface area contributed by atoms with E-state index in [9.17, 15) is 4.79 Å². The third kappa shape index (κ3) is 18.0. The Morgan fingerprint density at radius 2 is 1.70 bits per heavy atom. The second-order valence-corrected chi connectivity index (χ2v) is 4.96. The molecule has 0 bridgehead atoms. The maximum absolute atomic E-state index is 10.3. The molecule has 0 atom stereocenters. The van der Waals surface area contributed by atoms with E-state index < -0.39 is 5.97 Å². The van der Waals surface area contributed by atoms with Gasteiger partial charge >= 0.3 is 5.97 Å². The number of halogens is 1. The number of hydrogen-bond acceptors (Lipinski definition) is 2. The first-order valence-electron chi connectivity index (χ1n) is 7.63. The fraction of sp³-hybridized carbons (Fsp3) is 0.316. The van der Waals surface area contributed by atoms with Crippen LogP contribution < -0.4 is 0 Å². The maximum Gasteiger partial charge on any atom is 0.303 e. The van der Waals surface area contributed by atoms with Crippen LogP contribution in [0.3, 0.4) is 0 Å². The summed E-state index contributed by atoms with van der Waals surface area (Å²) in [6.07, 6.45) is 23.1. The van der Waals surface area contributed by atoms with Crippen molar-refractivity contribution in [3.05, 3.63) is 72.7 Å². The fourth-order valence-corrected chi connectivity index (χ4v) is 1.63. The number of carboxylic acid groups (broad SMARTS) is 1. The van der Waals surface area contributed by atoms with E-state index in [1.165, 1.54) is 6.26 Å². The van der Waals surface area contributed by atoms with E-state index in [4.69, 9.17) is 21.4 Å². The van der Waals surface area contributed by atoms with E-state index in [2.05, 4.69) is 37.0 Å². The number of allylic oxidation sites excluding steroid dienone is 9. The molecule has 0 aromatic heterocycles. The highest BCUT2D eigenvalue weighted by molar-refractivity contribution is 6.28. The Kier molecular flexibility index (Phi) is 14.9. The van der Waals surface area contributed by atoms with Gasteiger partial charge in [0.05, 0.1) is 6.26 Å². The van der Waals surface area contributed by atoms with Crippen LogP contribution in [0.5, 0.6) is 0 Å². The van der Waals surface area contributed by atoms with Crippen LogP contribution in [0.4, 0.5) is 0 Å². The van der Waals surface area contributed by atoms with E-state index in [0.29, 0.717) is 11.6 Å². The molecule has 0 heterocycles. The molecule has 0 fully saturated rings. The van der Waals surface area contributed by atoms with Crippen LogP contribution in [-0.2, 0) is 9.53 Å². The van der Waals surface area contributed by atoms with Gasteiger partial charge in [-0.25, -0.2) is 0 Å². The number of unbranched alkanes of at least 4 members (excludes halogenated alkanes) is 1. The third-order valence-corrected chi connectivity index (χ3v) is 2.83. The first-order chi connectivity index (χ1) is 11.2. The van der Waals surface area contributed by atoms with Crippen LogP contribution in [0.25, 0.3) is 0 Å². The van der Waals surface area contributed by atoms with Crippen LogP contribution in [0.2, 0.25) is 0 Å². The first-order valence-corrected chi connectivity index (χ1v) is 8.01. The number of aliphatic carboxylic acids is 1. The van der Waals surface area contributed by atoms with E-state index in [-0.39, 0.29) is 6.42 Å². The molecular formula is C19H25ClO3. The van der Waals surface area contributed by atoms with E-state index in [0.717, 1.165) is 25.7 Å². The lowest BCUT2D eigenvalue weighted by Crippen LogP contribution is -1.91. The van der Waals surface area contributed by atoms with E-state index in [1.807, 2.05) is 6.08 Å². The molecule has 4 heteroatoms.